The van der Waals surface area contributed by atoms with Gasteiger partial charge in [-0.05, 0) is 37.1 Å². The minimum absolute atomic E-state index is 0.0432. The number of rotatable bonds is 3. The highest BCUT2D eigenvalue weighted by Crippen LogP contribution is 2.24. The molecule has 0 aromatic carbocycles. The molecule has 3 aromatic rings. The summed E-state index contributed by atoms with van der Waals surface area (Å²) >= 11 is 0. The first-order valence-corrected chi connectivity index (χ1v) is 7.56. The van der Waals surface area contributed by atoms with Crippen LogP contribution in [0.5, 0.6) is 0 Å². The highest BCUT2D eigenvalue weighted by molar-refractivity contribution is 5.80. The quantitative estimate of drug-likeness (QED) is 0.747. The van der Waals surface area contributed by atoms with Gasteiger partial charge in [-0.15, -0.1) is 0 Å². The van der Waals surface area contributed by atoms with Gasteiger partial charge in [0.05, 0.1) is 17.8 Å². The van der Waals surface area contributed by atoms with Gasteiger partial charge in [0.1, 0.15) is 11.3 Å². The maximum absolute atomic E-state index is 12.2. The maximum atomic E-state index is 12.2. The monoisotopic (exact) mass is 308 g/mol. The van der Waals surface area contributed by atoms with Crippen LogP contribution in [0.3, 0.4) is 0 Å². The average molecular weight is 308 g/mol. The topological polar surface area (TPSA) is 50.5 Å². The van der Waals surface area contributed by atoms with Gasteiger partial charge in [-0.3, -0.25) is 9.78 Å². The third-order valence-electron chi connectivity index (χ3n) is 3.84. The summed E-state index contributed by atoms with van der Waals surface area (Å²) in [6.07, 6.45) is 4.13. The van der Waals surface area contributed by atoms with Crippen LogP contribution in [0.2, 0.25) is 0 Å². The van der Waals surface area contributed by atoms with E-state index in [4.69, 9.17) is 4.98 Å². The van der Waals surface area contributed by atoms with Crippen LogP contribution in [-0.4, -0.2) is 39.3 Å². The van der Waals surface area contributed by atoms with Crippen LogP contribution in [0.25, 0.3) is 17.0 Å². The normalized spacial score (nSPS) is 11.0. The van der Waals surface area contributed by atoms with E-state index in [-0.39, 0.29) is 5.91 Å². The van der Waals surface area contributed by atoms with Gasteiger partial charge in [-0.2, -0.15) is 0 Å². The largest absolute Gasteiger partial charge is 0.348 e. The Bertz CT molecular complexity index is 863. The number of aryl methyl sites for hydroxylation is 2. The van der Waals surface area contributed by atoms with Crippen LogP contribution in [0, 0.1) is 13.8 Å². The number of nitrogens with zero attached hydrogens (tertiary/aromatic N) is 4. The molecule has 23 heavy (non-hydrogen) atoms. The summed E-state index contributed by atoms with van der Waals surface area (Å²) < 4.78 is 1.99. The van der Waals surface area contributed by atoms with Gasteiger partial charge in [-0.25, -0.2) is 4.98 Å². The summed E-state index contributed by atoms with van der Waals surface area (Å²) in [5.74, 6) is 0.0432. The first-order valence-electron chi connectivity index (χ1n) is 7.56. The molecule has 3 aromatic heterocycles. The first kappa shape index (κ1) is 15.2. The smallest absolute Gasteiger partial charge is 0.228 e. The zero-order chi connectivity index (χ0) is 16.6. The first-order chi connectivity index (χ1) is 11.0. The molecule has 0 atom stereocenters. The van der Waals surface area contributed by atoms with Gasteiger partial charge in [0.2, 0.25) is 5.91 Å². The highest BCUT2D eigenvalue weighted by Gasteiger charge is 2.18. The van der Waals surface area contributed by atoms with Crippen LogP contribution in [0.15, 0.2) is 36.7 Å². The molecule has 3 heterocycles. The lowest BCUT2D eigenvalue weighted by Crippen LogP contribution is -2.24. The number of hydrogen-bond acceptors (Lipinski definition) is 3. The molecular weight excluding hydrogens is 288 g/mol. The van der Waals surface area contributed by atoms with Crippen molar-refractivity contribution < 1.29 is 4.79 Å². The van der Waals surface area contributed by atoms with Crippen molar-refractivity contribution in [3.63, 3.8) is 0 Å². The molecule has 0 aliphatic rings. The number of carbonyl (C=O) groups excluding carboxylic acids is 1. The Morgan fingerprint density at radius 1 is 1.13 bits per heavy atom. The molecule has 0 aliphatic carbocycles. The van der Waals surface area contributed by atoms with E-state index in [1.54, 1.807) is 19.0 Å². The van der Waals surface area contributed by atoms with Gasteiger partial charge in [0.15, 0.2) is 0 Å². The molecule has 0 bridgehead atoms. The van der Waals surface area contributed by atoms with Crippen molar-refractivity contribution in [2.75, 3.05) is 14.1 Å². The molecule has 0 N–H and O–H groups in total. The minimum Gasteiger partial charge on any atom is -0.348 e. The number of carbonyl (C=O) groups is 1. The molecule has 0 saturated carbocycles. The summed E-state index contributed by atoms with van der Waals surface area (Å²) in [7, 11) is 3.53. The number of pyridine rings is 2. The number of hydrogen-bond donors (Lipinski definition) is 0. The third-order valence-corrected chi connectivity index (χ3v) is 3.84. The predicted octanol–water partition coefficient (Wildman–Crippen LogP) is 2.64. The Kier molecular flexibility index (Phi) is 3.86. The van der Waals surface area contributed by atoms with Crippen molar-refractivity contribution in [2.45, 2.75) is 20.3 Å². The second-order valence-corrected chi connectivity index (χ2v) is 6.03. The molecule has 5 heteroatoms. The lowest BCUT2D eigenvalue weighted by atomic mass is 10.1. The van der Waals surface area contributed by atoms with Crippen molar-refractivity contribution in [3.05, 3.63) is 53.5 Å². The standard InChI is InChI=1S/C18H20N4O/c1-12-5-7-14(19-10-12)18-15(9-17(23)21(3)4)22-11-13(2)6-8-16(22)20-18/h5-8,10-11H,9H2,1-4H3. The lowest BCUT2D eigenvalue weighted by molar-refractivity contribution is -0.128. The van der Waals surface area contributed by atoms with E-state index in [1.165, 1.54) is 0 Å². The summed E-state index contributed by atoms with van der Waals surface area (Å²) in [5, 5.41) is 0. The number of aromatic nitrogens is 3. The lowest BCUT2D eigenvalue weighted by Gasteiger charge is -2.11. The zero-order valence-corrected chi connectivity index (χ0v) is 13.9. The number of likely N-dealkylation sites (N-methyl/N-ethyl adjacent to an activating group) is 1. The molecular formula is C18H20N4O. The minimum atomic E-state index is 0.0432. The number of amides is 1. The fourth-order valence-electron chi connectivity index (χ4n) is 2.48. The average Bonchev–Trinajstić information content (AvgIpc) is 2.86. The third kappa shape index (κ3) is 2.95. The van der Waals surface area contributed by atoms with Crippen LogP contribution >= 0.6 is 0 Å². The predicted molar refractivity (Wildman–Crippen MR) is 90.3 cm³/mol. The summed E-state index contributed by atoms with van der Waals surface area (Å²) in [5.41, 5.74) is 5.48. The van der Waals surface area contributed by atoms with E-state index in [2.05, 4.69) is 4.98 Å². The second-order valence-electron chi connectivity index (χ2n) is 6.03. The van der Waals surface area contributed by atoms with Gasteiger partial charge in [-0.1, -0.05) is 12.1 Å². The van der Waals surface area contributed by atoms with E-state index in [9.17, 15) is 4.79 Å². The number of fused-ring (bicyclic) bond motifs is 1. The van der Waals surface area contributed by atoms with Crippen molar-refractivity contribution in [2.24, 2.45) is 0 Å². The van der Waals surface area contributed by atoms with Gasteiger partial charge in [0, 0.05) is 26.5 Å². The molecule has 5 nitrogen and oxygen atoms in total. The van der Waals surface area contributed by atoms with Crippen molar-refractivity contribution in [1.29, 1.82) is 0 Å². The molecule has 1 amide bonds. The Hall–Kier alpha value is -2.69. The van der Waals surface area contributed by atoms with Crippen molar-refractivity contribution in [1.82, 2.24) is 19.3 Å². The van der Waals surface area contributed by atoms with Crippen LogP contribution in [-0.2, 0) is 11.2 Å². The molecule has 0 fully saturated rings. The summed E-state index contributed by atoms with van der Waals surface area (Å²) in [6.45, 7) is 4.03. The SMILES string of the molecule is Cc1ccc(-c2nc3ccc(C)cn3c2CC(=O)N(C)C)nc1. The Labute approximate surface area is 135 Å². The van der Waals surface area contributed by atoms with Crippen LogP contribution in [0.4, 0.5) is 0 Å². The number of imidazole rings is 1. The fraction of sp³-hybridized carbons (Fsp3) is 0.278. The molecule has 0 radical (unpaired) electrons. The molecule has 118 valence electrons. The van der Waals surface area contributed by atoms with Crippen molar-refractivity contribution in [3.8, 4) is 11.4 Å². The van der Waals surface area contributed by atoms with Crippen molar-refractivity contribution >= 4 is 11.6 Å². The molecule has 3 rings (SSSR count). The zero-order valence-electron chi connectivity index (χ0n) is 13.9. The van der Waals surface area contributed by atoms with Crippen LogP contribution < -0.4 is 0 Å². The van der Waals surface area contributed by atoms with Gasteiger partial charge < -0.3 is 9.30 Å². The Balaban J connectivity index is 2.19. The molecule has 0 saturated heterocycles. The summed E-state index contributed by atoms with van der Waals surface area (Å²) in [6, 6.07) is 7.95. The molecule has 0 aliphatic heterocycles. The summed E-state index contributed by atoms with van der Waals surface area (Å²) in [4.78, 5) is 23.0. The molecule has 0 spiro atoms. The van der Waals surface area contributed by atoms with Gasteiger partial charge in [0.25, 0.3) is 0 Å². The van der Waals surface area contributed by atoms with E-state index in [0.717, 1.165) is 33.9 Å². The fourth-order valence-corrected chi connectivity index (χ4v) is 2.48. The Morgan fingerprint density at radius 2 is 1.87 bits per heavy atom. The van der Waals surface area contributed by atoms with Gasteiger partial charge >= 0.3 is 0 Å². The Morgan fingerprint density at radius 3 is 2.52 bits per heavy atom. The van der Waals surface area contributed by atoms with Crippen LogP contribution in [0.1, 0.15) is 16.8 Å². The van der Waals surface area contributed by atoms with E-state index < -0.39 is 0 Å². The highest BCUT2D eigenvalue weighted by atomic mass is 16.2. The second kappa shape index (κ2) is 5.83. The van der Waals surface area contributed by atoms with E-state index in [0.29, 0.717) is 6.42 Å². The van der Waals surface area contributed by atoms with E-state index >= 15 is 0 Å². The maximum Gasteiger partial charge on any atom is 0.228 e. The van der Waals surface area contributed by atoms with E-state index in [1.807, 2.05) is 54.9 Å². The molecule has 0 unspecified atom stereocenters.